The van der Waals surface area contributed by atoms with Gasteiger partial charge in [0.15, 0.2) is 0 Å². The molecule has 1 heterocycles. The highest BCUT2D eigenvalue weighted by Gasteiger charge is 2.34. The van der Waals surface area contributed by atoms with Crippen LogP contribution in [0, 0.1) is 0 Å². The normalized spacial score (nSPS) is 17.8. The summed E-state index contributed by atoms with van der Waals surface area (Å²) < 4.78 is 0. The highest BCUT2D eigenvalue weighted by atomic mass is 15.3. The van der Waals surface area contributed by atoms with Crippen LogP contribution < -0.4 is 0 Å². The van der Waals surface area contributed by atoms with Gasteiger partial charge in [0.2, 0.25) is 0 Å². The number of rotatable bonds is 4. The van der Waals surface area contributed by atoms with Gasteiger partial charge in [-0.3, -0.25) is 0 Å². The number of hydrogen-bond donors (Lipinski definition) is 0. The molecule has 0 aromatic carbocycles. The Labute approximate surface area is 99.0 Å². The summed E-state index contributed by atoms with van der Waals surface area (Å²) >= 11 is 0. The van der Waals surface area contributed by atoms with Crippen molar-refractivity contribution >= 4 is 0 Å². The monoisotopic (exact) mass is 224 g/mol. The minimum atomic E-state index is 0.0482. The van der Waals surface area contributed by atoms with E-state index in [1.165, 1.54) is 0 Å². The first-order valence-corrected chi connectivity index (χ1v) is 5.96. The van der Waals surface area contributed by atoms with E-state index in [0.29, 0.717) is 0 Å². The zero-order chi connectivity index (χ0) is 12.3. The van der Waals surface area contributed by atoms with Crippen LogP contribution in [0.5, 0.6) is 0 Å². The molecule has 0 aliphatic carbocycles. The Hall–Kier alpha value is -1.06. The van der Waals surface area contributed by atoms with E-state index in [1.54, 1.807) is 0 Å². The van der Waals surface area contributed by atoms with Crippen LogP contribution in [0.2, 0.25) is 0 Å². The maximum absolute atomic E-state index is 4.49. The van der Waals surface area contributed by atoms with Gasteiger partial charge >= 0.3 is 0 Å². The Bertz CT molecular complexity index is 288. The first-order chi connectivity index (χ1) is 7.45. The smallest absolute Gasteiger partial charge is 0.127 e. The van der Waals surface area contributed by atoms with E-state index >= 15 is 0 Å². The molecule has 0 fully saturated rings. The second kappa shape index (κ2) is 4.85. The largest absolute Gasteiger partial charge is 0.363 e. The molecule has 0 saturated heterocycles. The van der Waals surface area contributed by atoms with E-state index < -0.39 is 0 Å². The molecule has 1 rings (SSSR count). The van der Waals surface area contributed by atoms with Crippen molar-refractivity contribution in [3.8, 4) is 0 Å². The molecular weight excluding hydrogens is 200 g/mol. The number of nitrogens with zero attached hydrogens (tertiary/aromatic N) is 4. The van der Waals surface area contributed by atoms with Crippen LogP contribution in [0.3, 0.4) is 0 Å². The molecule has 0 bridgehead atoms. The first-order valence-electron chi connectivity index (χ1n) is 5.96. The second-order valence-electron chi connectivity index (χ2n) is 4.87. The van der Waals surface area contributed by atoms with Gasteiger partial charge in [-0.15, -0.1) is 0 Å². The minimum absolute atomic E-state index is 0.0482. The molecule has 0 radical (unpaired) electrons. The van der Waals surface area contributed by atoms with Gasteiger partial charge in [0, 0.05) is 34.6 Å². The molecule has 0 saturated carbocycles. The van der Waals surface area contributed by atoms with Crippen LogP contribution >= 0.6 is 0 Å². The van der Waals surface area contributed by atoms with Crippen LogP contribution in [0.15, 0.2) is 21.7 Å². The lowest BCUT2D eigenvalue weighted by molar-refractivity contribution is 0.329. The van der Waals surface area contributed by atoms with Gasteiger partial charge in [-0.05, 0) is 12.8 Å². The fraction of sp³-hybridized carbons (Fsp3) is 0.833. The summed E-state index contributed by atoms with van der Waals surface area (Å²) in [6, 6.07) is 0. The molecule has 0 aromatic rings. The number of azo groups is 1. The predicted molar refractivity (Wildman–Crippen MR) is 67.2 cm³/mol. The topological polar surface area (TPSA) is 31.2 Å². The summed E-state index contributed by atoms with van der Waals surface area (Å²) in [6.07, 6.45) is 3.08. The molecular formula is C12H24N4. The summed E-state index contributed by atoms with van der Waals surface area (Å²) in [5.41, 5.74) is 1.16. The molecule has 16 heavy (non-hydrogen) atoms. The average Bonchev–Trinajstić information content (AvgIpc) is 2.62. The molecule has 0 spiro atoms. The van der Waals surface area contributed by atoms with Gasteiger partial charge in [-0.25, -0.2) is 0 Å². The molecule has 4 nitrogen and oxygen atoms in total. The van der Waals surface area contributed by atoms with E-state index in [1.807, 2.05) is 0 Å². The molecule has 4 heteroatoms. The van der Waals surface area contributed by atoms with Crippen molar-refractivity contribution in [1.29, 1.82) is 0 Å². The Balaban J connectivity index is 3.01. The average molecular weight is 224 g/mol. The summed E-state index contributed by atoms with van der Waals surface area (Å²) in [4.78, 5) is 4.21. The molecule has 0 aromatic heterocycles. The van der Waals surface area contributed by atoms with Gasteiger partial charge in [-0.1, -0.05) is 13.8 Å². The highest BCUT2D eigenvalue weighted by Crippen LogP contribution is 2.37. The lowest BCUT2D eigenvalue weighted by atomic mass is 9.90. The highest BCUT2D eigenvalue weighted by molar-refractivity contribution is 5.17. The van der Waals surface area contributed by atoms with Crippen molar-refractivity contribution in [3.05, 3.63) is 11.5 Å². The van der Waals surface area contributed by atoms with Gasteiger partial charge in [0.05, 0.1) is 5.54 Å². The van der Waals surface area contributed by atoms with Crippen molar-refractivity contribution < 1.29 is 0 Å². The zero-order valence-electron chi connectivity index (χ0n) is 11.4. The molecule has 92 valence electrons. The molecule has 0 atom stereocenters. The maximum atomic E-state index is 4.49. The Morgan fingerprint density at radius 1 is 1.12 bits per heavy atom. The maximum Gasteiger partial charge on any atom is 0.127 e. The fourth-order valence-corrected chi connectivity index (χ4v) is 2.23. The fourth-order valence-electron chi connectivity index (χ4n) is 2.23. The van der Waals surface area contributed by atoms with Gasteiger partial charge in [-0.2, -0.15) is 10.2 Å². The summed E-state index contributed by atoms with van der Waals surface area (Å²) in [7, 11) is 8.21. The Morgan fingerprint density at radius 2 is 1.62 bits per heavy atom. The first kappa shape index (κ1) is 13.0. The molecule has 1 aliphatic rings. The lowest BCUT2D eigenvalue weighted by Crippen LogP contribution is -2.27. The van der Waals surface area contributed by atoms with Crippen LogP contribution in [0.4, 0.5) is 0 Å². The van der Waals surface area contributed by atoms with Crippen molar-refractivity contribution in [1.82, 2.24) is 9.80 Å². The summed E-state index contributed by atoms with van der Waals surface area (Å²) in [5, 5.41) is 8.88. The quantitative estimate of drug-likeness (QED) is 0.735. The summed E-state index contributed by atoms with van der Waals surface area (Å²) in [5.74, 6) is 1.16. The Morgan fingerprint density at radius 3 is 1.94 bits per heavy atom. The molecule has 0 N–H and O–H groups in total. The summed E-state index contributed by atoms with van der Waals surface area (Å²) in [6.45, 7) is 4.38. The van der Waals surface area contributed by atoms with Gasteiger partial charge < -0.3 is 9.80 Å². The van der Waals surface area contributed by atoms with Crippen molar-refractivity contribution in [2.45, 2.75) is 38.6 Å². The molecule has 0 unspecified atom stereocenters. The third kappa shape index (κ3) is 2.36. The van der Waals surface area contributed by atoms with E-state index in [-0.39, 0.29) is 5.54 Å². The minimum Gasteiger partial charge on any atom is -0.363 e. The lowest BCUT2D eigenvalue weighted by Gasteiger charge is -2.26. The van der Waals surface area contributed by atoms with Crippen LogP contribution in [-0.4, -0.2) is 43.5 Å². The molecule has 0 amide bonds. The van der Waals surface area contributed by atoms with E-state index in [0.717, 1.165) is 30.8 Å². The Kier molecular flexibility index (Phi) is 3.94. The standard InChI is InChI=1S/C12H24N4/c1-7-12(8-2)9-10(13-14-12)11(15(3)4)16(5)6/h7-9H2,1-6H3. The predicted octanol–water partition coefficient (Wildman–Crippen LogP) is 2.69. The SMILES string of the molecule is CCC1(CC)CC(=C(N(C)C)N(C)C)N=N1. The zero-order valence-corrected chi connectivity index (χ0v) is 11.4. The number of hydrogen-bond acceptors (Lipinski definition) is 4. The van der Waals surface area contributed by atoms with E-state index in [2.05, 4.69) is 62.1 Å². The van der Waals surface area contributed by atoms with Crippen LogP contribution in [0.1, 0.15) is 33.1 Å². The third-order valence-corrected chi connectivity index (χ3v) is 3.30. The van der Waals surface area contributed by atoms with Crippen molar-refractivity contribution in [2.75, 3.05) is 28.2 Å². The van der Waals surface area contributed by atoms with Crippen molar-refractivity contribution in [3.63, 3.8) is 0 Å². The molecule has 1 aliphatic heterocycles. The van der Waals surface area contributed by atoms with Crippen molar-refractivity contribution in [2.24, 2.45) is 10.2 Å². The third-order valence-electron chi connectivity index (χ3n) is 3.30. The second-order valence-corrected chi connectivity index (χ2v) is 4.87. The van der Waals surface area contributed by atoms with Gasteiger partial charge in [0.1, 0.15) is 11.5 Å². The van der Waals surface area contributed by atoms with Crippen LogP contribution in [-0.2, 0) is 0 Å². The van der Waals surface area contributed by atoms with E-state index in [9.17, 15) is 0 Å². The van der Waals surface area contributed by atoms with E-state index in [4.69, 9.17) is 0 Å². The van der Waals surface area contributed by atoms with Gasteiger partial charge in [0.25, 0.3) is 0 Å². The van der Waals surface area contributed by atoms with Crippen LogP contribution in [0.25, 0.3) is 0 Å².